The predicted molar refractivity (Wildman–Crippen MR) is 58.9 cm³/mol. The molecular weight excluding hydrogens is 182 g/mol. The first-order valence-corrected chi connectivity index (χ1v) is 6.14. The molecule has 0 saturated heterocycles. The maximum atomic E-state index is 6.02. The molecule has 1 heterocycles. The van der Waals surface area contributed by atoms with E-state index in [0.717, 1.165) is 25.2 Å². The molecule has 1 unspecified atom stereocenters. The van der Waals surface area contributed by atoms with Crippen LogP contribution < -0.4 is 5.73 Å². The van der Waals surface area contributed by atoms with E-state index in [1.165, 1.54) is 17.7 Å². The molecule has 0 aromatic rings. The highest BCUT2D eigenvalue weighted by molar-refractivity contribution is 7.99. The predicted octanol–water partition coefficient (Wildman–Crippen LogP) is 2.15. The minimum Gasteiger partial charge on any atom is -0.501 e. The van der Waals surface area contributed by atoms with E-state index >= 15 is 0 Å². The van der Waals surface area contributed by atoms with Crippen LogP contribution in [0.25, 0.3) is 0 Å². The van der Waals surface area contributed by atoms with Gasteiger partial charge in [0, 0.05) is 11.8 Å². The molecule has 0 aromatic heterocycles. The molecule has 1 atom stereocenters. The van der Waals surface area contributed by atoms with Gasteiger partial charge in [0.2, 0.25) is 0 Å². The monoisotopic (exact) mass is 201 g/mol. The average Bonchev–Trinajstić information content (AvgIpc) is 2.19. The molecule has 0 aliphatic carbocycles. The third-order valence-corrected chi connectivity index (χ3v) is 3.38. The van der Waals surface area contributed by atoms with Crippen LogP contribution in [0.15, 0.2) is 11.8 Å². The molecule has 0 fully saturated rings. The molecular formula is C10H19NOS. The van der Waals surface area contributed by atoms with Gasteiger partial charge in [-0.1, -0.05) is 6.92 Å². The quantitative estimate of drug-likeness (QED) is 0.692. The first kappa shape index (κ1) is 10.9. The zero-order valence-corrected chi connectivity index (χ0v) is 9.11. The summed E-state index contributed by atoms with van der Waals surface area (Å²) >= 11 is 1.93. The van der Waals surface area contributed by atoms with Crippen molar-refractivity contribution in [3.8, 4) is 0 Å². The average molecular weight is 201 g/mol. The zero-order valence-electron chi connectivity index (χ0n) is 8.29. The molecule has 0 bridgehead atoms. The Morgan fingerprint density at radius 2 is 2.54 bits per heavy atom. The van der Waals surface area contributed by atoms with E-state index in [1.54, 1.807) is 0 Å². The summed E-state index contributed by atoms with van der Waals surface area (Å²) < 4.78 is 5.26. The van der Waals surface area contributed by atoms with Gasteiger partial charge < -0.3 is 10.5 Å². The molecule has 2 N–H and O–H groups in total. The van der Waals surface area contributed by atoms with E-state index in [-0.39, 0.29) is 6.04 Å². The summed E-state index contributed by atoms with van der Waals surface area (Å²) in [6.45, 7) is 3.06. The van der Waals surface area contributed by atoms with Crippen molar-refractivity contribution in [2.45, 2.75) is 32.2 Å². The summed E-state index contributed by atoms with van der Waals surface area (Å²) in [5.41, 5.74) is 7.31. The molecule has 3 heteroatoms. The number of nitrogens with two attached hydrogens (primary N) is 1. The Balaban J connectivity index is 2.21. The number of thioether (sulfide) groups is 1. The highest BCUT2D eigenvalue weighted by Gasteiger charge is 2.12. The Morgan fingerprint density at radius 1 is 1.69 bits per heavy atom. The Hall–Kier alpha value is -0.150. The Kier molecular flexibility index (Phi) is 5.32. The van der Waals surface area contributed by atoms with Gasteiger partial charge in [0.15, 0.2) is 0 Å². The fraction of sp³-hybridized carbons (Fsp3) is 0.800. The number of hydrogen-bond donors (Lipinski definition) is 1. The summed E-state index contributed by atoms with van der Waals surface area (Å²) in [6, 6.07) is 0.205. The van der Waals surface area contributed by atoms with E-state index in [1.807, 2.05) is 18.0 Å². The molecule has 0 amide bonds. The summed E-state index contributed by atoms with van der Waals surface area (Å²) in [5.74, 6) is 2.24. The lowest BCUT2D eigenvalue weighted by atomic mass is 10.0. The van der Waals surface area contributed by atoms with E-state index in [2.05, 4.69) is 6.92 Å². The Bertz CT molecular complexity index is 170. The van der Waals surface area contributed by atoms with Crippen molar-refractivity contribution >= 4 is 11.8 Å². The maximum Gasteiger partial charge on any atom is 0.0876 e. The van der Waals surface area contributed by atoms with Crippen LogP contribution in [0.4, 0.5) is 0 Å². The number of hydrogen-bond acceptors (Lipinski definition) is 3. The smallest absolute Gasteiger partial charge is 0.0876 e. The molecule has 0 saturated carbocycles. The standard InChI is InChI=1S/C10H19NOS/c1-2-6-13-8-10(11)9-4-3-5-12-7-9/h7,10H,2-6,8,11H2,1H3. The van der Waals surface area contributed by atoms with Gasteiger partial charge in [-0.05, 0) is 30.6 Å². The van der Waals surface area contributed by atoms with E-state index in [4.69, 9.17) is 10.5 Å². The third kappa shape index (κ3) is 4.05. The molecule has 1 aliphatic heterocycles. The van der Waals surface area contributed by atoms with Crippen molar-refractivity contribution in [1.29, 1.82) is 0 Å². The van der Waals surface area contributed by atoms with Crippen LogP contribution in [-0.2, 0) is 4.74 Å². The van der Waals surface area contributed by atoms with Gasteiger partial charge in [0.05, 0.1) is 12.9 Å². The fourth-order valence-electron chi connectivity index (χ4n) is 1.32. The molecule has 1 rings (SSSR count). The zero-order chi connectivity index (χ0) is 9.52. The highest BCUT2D eigenvalue weighted by atomic mass is 32.2. The number of ether oxygens (including phenoxy) is 1. The second-order valence-corrected chi connectivity index (χ2v) is 4.50. The minimum atomic E-state index is 0.205. The van der Waals surface area contributed by atoms with Crippen LogP contribution >= 0.6 is 11.8 Å². The van der Waals surface area contributed by atoms with Crippen LogP contribution in [0.1, 0.15) is 26.2 Å². The topological polar surface area (TPSA) is 35.2 Å². The summed E-state index contributed by atoms with van der Waals surface area (Å²) in [4.78, 5) is 0. The van der Waals surface area contributed by atoms with Crippen LogP contribution in [0.5, 0.6) is 0 Å². The van der Waals surface area contributed by atoms with Crippen LogP contribution in [0.3, 0.4) is 0 Å². The molecule has 2 nitrogen and oxygen atoms in total. The van der Waals surface area contributed by atoms with Gasteiger partial charge in [0.25, 0.3) is 0 Å². The molecule has 0 radical (unpaired) electrons. The first-order valence-electron chi connectivity index (χ1n) is 4.98. The third-order valence-electron chi connectivity index (χ3n) is 2.08. The molecule has 76 valence electrons. The van der Waals surface area contributed by atoms with E-state index < -0.39 is 0 Å². The highest BCUT2D eigenvalue weighted by Crippen LogP contribution is 2.17. The SMILES string of the molecule is CCCSCC(N)C1=COCCC1. The molecule has 0 spiro atoms. The second kappa shape index (κ2) is 6.33. The lowest BCUT2D eigenvalue weighted by Gasteiger charge is -2.19. The lowest BCUT2D eigenvalue weighted by Crippen LogP contribution is -2.27. The van der Waals surface area contributed by atoms with Gasteiger partial charge in [0.1, 0.15) is 0 Å². The van der Waals surface area contributed by atoms with Gasteiger partial charge in [-0.3, -0.25) is 0 Å². The fourth-order valence-corrected chi connectivity index (χ4v) is 2.24. The summed E-state index contributed by atoms with van der Waals surface area (Å²) in [6.07, 6.45) is 5.33. The summed E-state index contributed by atoms with van der Waals surface area (Å²) in [7, 11) is 0. The van der Waals surface area contributed by atoms with Gasteiger partial charge >= 0.3 is 0 Å². The first-order chi connectivity index (χ1) is 6.34. The Labute approximate surface area is 84.9 Å². The summed E-state index contributed by atoms with van der Waals surface area (Å²) in [5, 5.41) is 0. The Morgan fingerprint density at radius 3 is 3.15 bits per heavy atom. The van der Waals surface area contributed by atoms with Gasteiger partial charge in [-0.2, -0.15) is 11.8 Å². The van der Waals surface area contributed by atoms with Crippen LogP contribution in [0.2, 0.25) is 0 Å². The van der Waals surface area contributed by atoms with Gasteiger partial charge in [-0.25, -0.2) is 0 Å². The normalized spacial score (nSPS) is 19.1. The van der Waals surface area contributed by atoms with Crippen molar-refractivity contribution in [1.82, 2.24) is 0 Å². The van der Waals surface area contributed by atoms with Crippen LogP contribution in [-0.4, -0.2) is 24.2 Å². The molecule has 0 aromatic carbocycles. The van der Waals surface area contributed by atoms with Crippen molar-refractivity contribution in [3.63, 3.8) is 0 Å². The van der Waals surface area contributed by atoms with Gasteiger partial charge in [-0.15, -0.1) is 0 Å². The second-order valence-electron chi connectivity index (χ2n) is 3.35. The van der Waals surface area contributed by atoms with Crippen LogP contribution in [0, 0.1) is 0 Å². The molecule has 1 aliphatic rings. The molecule has 13 heavy (non-hydrogen) atoms. The largest absolute Gasteiger partial charge is 0.501 e. The number of rotatable bonds is 5. The van der Waals surface area contributed by atoms with Crippen molar-refractivity contribution in [2.24, 2.45) is 5.73 Å². The van der Waals surface area contributed by atoms with E-state index in [0.29, 0.717) is 0 Å². The lowest BCUT2D eigenvalue weighted by molar-refractivity contribution is 0.222. The minimum absolute atomic E-state index is 0.205. The van der Waals surface area contributed by atoms with Crippen molar-refractivity contribution < 1.29 is 4.74 Å². The van der Waals surface area contributed by atoms with E-state index in [9.17, 15) is 0 Å². The van der Waals surface area contributed by atoms with Crippen molar-refractivity contribution in [2.75, 3.05) is 18.1 Å². The van der Waals surface area contributed by atoms with Crippen molar-refractivity contribution in [3.05, 3.63) is 11.8 Å². The maximum absolute atomic E-state index is 6.02.